The summed E-state index contributed by atoms with van der Waals surface area (Å²) in [5, 5.41) is 36.7. The number of benzene rings is 2. The Morgan fingerprint density at radius 3 is 2.05 bits per heavy atom. The third kappa shape index (κ3) is 9.57. The third-order valence-electron chi connectivity index (χ3n) is 6.79. The van der Waals surface area contributed by atoms with Crippen LogP contribution in [0, 0.1) is 5.92 Å². The van der Waals surface area contributed by atoms with E-state index < -0.39 is 60.2 Å². The van der Waals surface area contributed by atoms with Crippen LogP contribution < -0.4 is 21.7 Å². The summed E-state index contributed by atoms with van der Waals surface area (Å²) >= 11 is 0. The summed E-state index contributed by atoms with van der Waals surface area (Å²) in [5.41, 5.74) is 8.07. The molecule has 0 aliphatic heterocycles. The Labute approximate surface area is 247 Å². The van der Waals surface area contributed by atoms with Crippen LogP contribution in [0.2, 0.25) is 0 Å². The van der Waals surface area contributed by atoms with E-state index in [-0.39, 0.29) is 30.9 Å². The quantitative estimate of drug-likeness (QED) is 0.125. The maximum absolute atomic E-state index is 13.4. The molecule has 1 heterocycles. The normalized spacial score (nSPS) is 14.0. The summed E-state index contributed by atoms with van der Waals surface area (Å²) in [6.07, 6.45) is 1.01. The molecule has 13 nitrogen and oxygen atoms in total. The zero-order valence-electron chi connectivity index (χ0n) is 23.9. The Bertz CT molecular complexity index is 1450. The molecule has 0 saturated heterocycles. The molecular formula is C30H37N5O8. The maximum atomic E-state index is 13.4. The van der Waals surface area contributed by atoms with Crippen LogP contribution >= 0.6 is 0 Å². The van der Waals surface area contributed by atoms with Crippen LogP contribution in [0.25, 0.3) is 10.9 Å². The first-order chi connectivity index (χ1) is 20.3. The second-order valence-electron chi connectivity index (χ2n) is 10.8. The van der Waals surface area contributed by atoms with Crippen molar-refractivity contribution in [2.24, 2.45) is 11.7 Å². The van der Waals surface area contributed by atoms with Gasteiger partial charge in [-0.05, 0) is 48.1 Å². The minimum atomic E-state index is -1.58. The second kappa shape index (κ2) is 14.8. The molecule has 0 saturated carbocycles. The predicted octanol–water partition coefficient (Wildman–Crippen LogP) is 1.05. The number of carboxylic acids is 2. The highest BCUT2D eigenvalue weighted by molar-refractivity contribution is 5.96. The molecule has 0 aliphatic rings. The van der Waals surface area contributed by atoms with Crippen LogP contribution in [0.15, 0.2) is 54.7 Å². The fourth-order valence-electron chi connectivity index (χ4n) is 4.61. The number of aliphatic carboxylic acids is 2. The number of carbonyl (C=O) groups excluding carboxylic acids is 3. The average Bonchev–Trinajstić information content (AvgIpc) is 3.35. The van der Waals surface area contributed by atoms with Gasteiger partial charge in [0, 0.05) is 23.5 Å². The smallest absolute Gasteiger partial charge is 0.326 e. The highest BCUT2D eigenvalue weighted by atomic mass is 16.4. The van der Waals surface area contributed by atoms with Crippen LogP contribution in [0.3, 0.4) is 0 Å². The Hall–Kier alpha value is -4.91. The number of nitrogens with one attached hydrogen (secondary N) is 4. The zero-order valence-corrected chi connectivity index (χ0v) is 23.9. The van der Waals surface area contributed by atoms with Crippen molar-refractivity contribution in [1.82, 2.24) is 20.9 Å². The molecule has 0 spiro atoms. The Morgan fingerprint density at radius 2 is 1.42 bits per heavy atom. The van der Waals surface area contributed by atoms with E-state index in [0.717, 1.165) is 10.9 Å². The van der Waals surface area contributed by atoms with Crippen LogP contribution in [0.4, 0.5) is 0 Å². The highest BCUT2D eigenvalue weighted by Crippen LogP contribution is 2.20. The number of para-hydroxylation sites is 1. The van der Waals surface area contributed by atoms with Crippen molar-refractivity contribution in [3.05, 3.63) is 65.9 Å². The number of aromatic nitrogens is 1. The van der Waals surface area contributed by atoms with Crippen molar-refractivity contribution in [3.63, 3.8) is 0 Å². The van der Waals surface area contributed by atoms with Crippen LogP contribution in [0.1, 0.15) is 37.8 Å². The molecule has 43 heavy (non-hydrogen) atoms. The largest absolute Gasteiger partial charge is 0.508 e. The summed E-state index contributed by atoms with van der Waals surface area (Å²) < 4.78 is 0. The third-order valence-corrected chi connectivity index (χ3v) is 6.79. The summed E-state index contributed by atoms with van der Waals surface area (Å²) in [5.74, 6) is -5.17. The van der Waals surface area contributed by atoms with Crippen LogP contribution in [-0.2, 0) is 36.8 Å². The fourth-order valence-corrected chi connectivity index (χ4v) is 4.61. The maximum Gasteiger partial charge on any atom is 0.326 e. The van der Waals surface area contributed by atoms with E-state index in [1.165, 1.54) is 12.1 Å². The molecule has 3 rings (SSSR count). The number of rotatable bonds is 15. The molecule has 0 fully saturated rings. The molecule has 0 bridgehead atoms. The SMILES string of the molecule is CC(C)CC(NC(=O)C(Cc1c[nH]c2ccccc12)NC(=O)C(CC(=O)O)NC(=O)C(N)Cc1ccc(O)cc1)C(=O)O. The monoisotopic (exact) mass is 595 g/mol. The van der Waals surface area contributed by atoms with Crippen molar-refractivity contribution in [2.75, 3.05) is 0 Å². The number of amides is 3. The molecule has 2 aromatic carbocycles. The Morgan fingerprint density at radius 1 is 0.814 bits per heavy atom. The van der Waals surface area contributed by atoms with Gasteiger partial charge in [0.15, 0.2) is 0 Å². The van der Waals surface area contributed by atoms with Gasteiger partial charge < -0.3 is 42.0 Å². The van der Waals surface area contributed by atoms with Gasteiger partial charge in [-0.15, -0.1) is 0 Å². The van der Waals surface area contributed by atoms with Gasteiger partial charge in [0.05, 0.1) is 12.5 Å². The van der Waals surface area contributed by atoms with Gasteiger partial charge >= 0.3 is 11.9 Å². The van der Waals surface area contributed by atoms with E-state index in [1.807, 2.05) is 18.2 Å². The number of fused-ring (bicyclic) bond motifs is 1. The van der Waals surface area contributed by atoms with Crippen molar-refractivity contribution >= 4 is 40.6 Å². The van der Waals surface area contributed by atoms with Gasteiger partial charge in [0.25, 0.3) is 0 Å². The van der Waals surface area contributed by atoms with Gasteiger partial charge in [-0.3, -0.25) is 19.2 Å². The number of phenols is 1. The first-order valence-electron chi connectivity index (χ1n) is 13.8. The first kappa shape index (κ1) is 32.6. The minimum Gasteiger partial charge on any atom is -0.508 e. The fraction of sp³-hybridized carbons (Fsp3) is 0.367. The standard InChI is InChI=1S/C30H37N5O8/c1-16(2)11-25(30(42)43)35-28(40)23(13-18-15-32-22-6-4-3-5-20(18)22)34-29(41)24(14-26(37)38)33-27(39)21(31)12-17-7-9-19(36)10-8-17/h3-10,15-16,21,23-25,32,36H,11-14,31H2,1-2H3,(H,33,39)(H,34,41)(H,35,40)(H,37,38)(H,42,43). The van der Waals surface area contributed by atoms with E-state index in [4.69, 9.17) is 5.73 Å². The number of hydrogen-bond donors (Lipinski definition) is 8. The number of aromatic amines is 1. The molecule has 230 valence electrons. The van der Waals surface area contributed by atoms with Crippen molar-refractivity contribution < 1.29 is 39.3 Å². The van der Waals surface area contributed by atoms with Gasteiger partial charge in [0.1, 0.15) is 23.9 Å². The van der Waals surface area contributed by atoms with E-state index in [2.05, 4.69) is 20.9 Å². The number of H-pyrrole nitrogens is 1. The van der Waals surface area contributed by atoms with Crippen LogP contribution in [0.5, 0.6) is 5.75 Å². The Balaban J connectivity index is 1.82. The van der Waals surface area contributed by atoms with Gasteiger partial charge in [-0.1, -0.05) is 44.2 Å². The molecule has 3 aromatic rings. The molecule has 4 unspecified atom stereocenters. The molecule has 1 aromatic heterocycles. The molecule has 0 radical (unpaired) electrons. The summed E-state index contributed by atoms with van der Waals surface area (Å²) in [6, 6.07) is 8.01. The van der Waals surface area contributed by atoms with E-state index >= 15 is 0 Å². The van der Waals surface area contributed by atoms with Gasteiger partial charge in [-0.25, -0.2) is 4.79 Å². The van der Waals surface area contributed by atoms with E-state index in [0.29, 0.717) is 11.1 Å². The summed E-state index contributed by atoms with van der Waals surface area (Å²) in [4.78, 5) is 66.1. The lowest BCUT2D eigenvalue weighted by Crippen LogP contribution is -2.58. The number of carboxylic acid groups (broad SMARTS) is 2. The van der Waals surface area contributed by atoms with Gasteiger partial charge in [0.2, 0.25) is 17.7 Å². The lowest BCUT2D eigenvalue weighted by atomic mass is 10.0. The molecule has 3 amide bonds. The minimum absolute atomic E-state index is 0.0325. The highest BCUT2D eigenvalue weighted by Gasteiger charge is 2.32. The zero-order chi connectivity index (χ0) is 31.7. The second-order valence-corrected chi connectivity index (χ2v) is 10.8. The van der Waals surface area contributed by atoms with E-state index in [1.54, 1.807) is 38.2 Å². The number of carbonyl (C=O) groups is 5. The molecule has 4 atom stereocenters. The van der Waals surface area contributed by atoms with Gasteiger partial charge in [-0.2, -0.15) is 0 Å². The summed E-state index contributed by atoms with van der Waals surface area (Å²) in [6.45, 7) is 3.61. The first-order valence-corrected chi connectivity index (χ1v) is 13.8. The number of nitrogens with two attached hydrogens (primary N) is 1. The average molecular weight is 596 g/mol. The van der Waals surface area contributed by atoms with Crippen LogP contribution in [-0.4, -0.2) is 74.1 Å². The van der Waals surface area contributed by atoms with Crippen molar-refractivity contribution in [1.29, 1.82) is 0 Å². The summed E-state index contributed by atoms with van der Waals surface area (Å²) in [7, 11) is 0. The number of aromatic hydroxyl groups is 1. The lowest BCUT2D eigenvalue weighted by Gasteiger charge is -2.25. The van der Waals surface area contributed by atoms with Crippen molar-refractivity contribution in [2.45, 2.75) is 63.7 Å². The predicted molar refractivity (Wildman–Crippen MR) is 157 cm³/mol. The topological polar surface area (TPSA) is 224 Å². The Kier molecular flexibility index (Phi) is 11.2. The number of hydrogen-bond acceptors (Lipinski definition) is 7. The molecule has 0 aliphatic carbocycles. The number of phenolic OH excluding ortho intramolecular Hbond substituents is 1. The molecule has 9 N–H and O–H groups in total. The van der Waals surface area contributed by atoms with Crippen molar-refractivity contribution in [3.8, 4) is 5.75 Å². The molecular weight excluding hydrogens is 558 g/mol. The molecule has 13 heteroatoms. The lowest BCUT2D eigenvalue weighted by molar-refractivity contribution is -0.143. The van der Waals surface area contributed by atoms with E-state index in [9.17, 15) is 39.3 Å².